The lowest BCUT2D eigenvalue weighted by atomic mass is 10.2. The van der Waals surface area contributed by atoms with E-state index < -0.39 is 0 Å². The lowest BCUT2D eigenvalue weighted by Crippen LogP contribution is -2.24. The van der Waals surface area contributed by atoms with Crippen LogP contribution in [0.2, 0.25) is 0 Å². The van der Waals surface area contributed by atoms with E-state index in [4.69, 9.17) is 9.47 Å². The third-order valence-electron chi connectivity index (χ3n) is 3.89. The van der Waals surface area contributed by atoms with Crippen molar-refractivity contribution in [1.29, 1.82) is 0 Å². The fourth-order valence-corrected chi connectivity index (χ4v) is 2.42. The molecule has 8 heteroatoms. The summed E-state index contributed by atoms with van der Waals surface area (Å²) in [6.45, 7) is 2.15. The molecule has 2 rings (SSSR count). The lowest BCUT2D eigenvalue weighted by Gasteiger charge is -2.11. The van der Waals surface area contributed by atoms with Crippen molar-refractivity contribution in [1.82, 2.24) is 20.4 Å². The van der Waals surface area contributed by atoms with Gasteiger partial charge in [0.05, 0.1) is 14.2 Å². The SMILES string of the molecule is COc1ccc(CNC(=O)c2ccc(NCCCN(C)C)nn2)cc1OC. The minimum atomic E-state index is -0.281. The summed E-state index contributed by atoms with van der Waals surface area (Å²) in [4.78, 5) is 14.4. The number of carbonyl (C=O) groups excluding carboxylic acids is 1. The minimum Gasteiger partial charge on any atom is -0.493 e. The Morgan fingerprint density at radius 2 is 1.85 bits per heavy atom. The molecule has 0 atom stereocenters. The summed E-state index contributed by atoms with van der Waals surface area (Å²) in [7, 11) is 7.23. The van der Waals surface area contributed by atoms with Crippen molar-refractivity contribution in [2.75, 3.05) is 46.7 Å². The Bertz CT molecular complexity index is 735. The second kappa shape index (κ2) is 10.3. The normalized spacial score (nSPS) is 10.6. The summed E-state index contributed by atoms with van der Waals surface area (Å²) in [5, 5.41) is 14.0. The number of ether oxygens (including phenoxy) is 2. The summed E-state index contributed by atoms with van der Waals surface area (Å²) >= 11 is 0. The molecule has 2 aromatic rings. The smallest absolute Gasteiger partial charge is 0.272 e. The minimum absolute atomic E-state index is 0.273. The van der Waals surface area contributed by atoms with E-state index in [1.807, 2.05) is 26.2 Å². The molecular formula is C19H27N5O3. The second-order valence-corrected chi connectivity index (χ2v) is 6.26. The van der Waals surface area contributed by atoms with E-state index in [0.29, 0.717) is 23.9 Å². The van der Waals surface area contributed by atoms with Crippen LogP contribution >= 0.6 is 0 Å². The zero-order valence-electron chi connectivity index (χ0n) is 16.3. The highest BCUT2D eigenvalue weighted by atomic mass is 16.5. The van der Waals surface area contributed by atoms with Crippen LogP contribution in [0.5, 0.6) is 11.5 Å². The summed E-state index contributed by atoms with van der Waals surface area (Å²) in [6.07, 6.45) is 1.00. The maximum atomic E-state index is 12.2. The zero-order chi connectivity index (χ0) is 19.6. The highest BCUT2D eigenvalue weighted by Gasteiger charge is 2.10. The summed E-state index contributed by atoms with van der Waals surface area (Å²) < 4.78 is 10.5. The molecule has 8 nitrogen and oxygen atoms in total. The molecule has 1 amide bonds. The standard InChI is InChI=1S/C19H27N5O3/c1-24(2)11-5-10-20-18-9-7-15(22-23-18)19(25)21-13-14-6-8-16(26-3)17(12-14)27-4/h6-9,12H,5,10-11,13H2,1-4H3,(H,20,23)(H,21,25). The molecule has 146 valence electrons. The molecule has 2 N–H and O–H groups in total. The third kappa shape index (κ3) is 6.41. The fraction of sp³-hybridized carbons (Fsp3) is 0.421. The van der Waals surface area contributed by atoms with Crippen molar-refractivity contribution in [3.05, 3.63) is 41.6 Å². The molecule has 0 aliphatic rings. The Morgan fingerprint density at radius 1 is 1.07 bits per heavy atom. The van der Waals surface area contributed by atoms with Crippen LogP contribution in [0.15, 0.2) is 30.3 Å². The molecule has 1 aromatic carbocycles. The van der Waals surface area contributed by atoms with Crippen molar-refractivity contribution in [3.63, 3.8) is 0 Å². The van der Waals surface area contributed by atoms with Crippen LogP contribution in [0.25, 0.3) is 0 Å². The number of hydrogen-bond acceptors (Lipinski definition) is 7. The first-order valence-electron chi connectivity index (χ1n) is 8.75. The Balaban J connectivity index is 1.85. The molecule has 0 fully saturated rings. The predicted molar refractivity (Wildman–Crippen MR) is 104 cm³/mol. The molecule has 0 aliphatic carbocycles. The number of aromatic nitrogens is 2. The first-order valence-corrected chi connectivity index (χ1v) is 8.75. The van der Waals surface area contributed by atoms with Gasteiger partial charge in [0, 0.05) is 13.1 Å². The van der Waals surface area contributed by atoms with Gasteiger partial charge >= 0.3 is 0 Å². The van der Waals surface area contributed by atoms with E-state index in [2.05, 4.69) is 25.7 Å². The Labute approximate surface area is 159 Å². The number of methoxy groups -OCH3 is 2. The van der Waals surface area contributed by atoms with E-state index in [9.17, 15) is 4.79 Å². The molecule has 0 saturated heterocycles. The van der Waals surface area contributed by atoms with E-state index in [1.54, 1.807) is 32.4 Å². The monoisotopic (exact) mass is 373 g/mol. The molecule has 0 radical (unpaired) electrons. The largest absolute Gasteiger partial charge is 0.493 e. The highest BCUT2D eigenvalue weighted by Crippen LogP contribution is 2.27. The molecule has 27 heavy (non-hydrogen) atoms. The zero-order valence-corrected chi connectivity index (χ0v) is 16.3. The van der Waals surface area contributed by atoms with Gasteiger partial charge in [0.2, 0.25) is 0 Å². The molecular weight excluding hydrogens is 346 g/mol. The van der Waals surface area contributed by atoms with Gasteiger partial charge in [0.1, 0.15) is 5.82 Å². The van der Waals surface area contributed by atoms with Crippen LogP contribution in [-0.4, -0.2) is 62.4 Å². The predicted octanol–water partition coefficient (Wildman–Crippen LogP) is 1.79. The van der Waals surface area contributed by atoms with E-state index in [1.165, 1.54) is 0 Å². The number of anilines is 1. The number of amides is 1. The van der Waals surface area contributed by atoms with Gasteiger partial charge in [-0.2, -0.15) is 0 Å². The van der Waals surface area contributed by atoms with E-state index >= 15 is 0 Å². The highest BCUT2D eigenvalue weighted by molar-refractivity contribution is 5.92. The van der Waals surface area contributed by atoms with Gasteiger partial charge in [0.25, 0.3) is 5.91 Å². The van der Waals surface area contributed by atoms with Gasteiger partial charge in [-0.05, 0) is 56.9 Å². The molecule has 0 aliphatic heterocycles. The van der Waals surface area contributed by atoms with Crippen LogP contribution in [0, 0.1) is 0 Å². The number of rotatable bonds is 10. The lowest BCUT2D eigenvalue weighted by molar-refractivity contribution is 0.0945. The van der Waals surface area contributed by atoms with Crippen LogP contribution in [-0.2, 0) is 6.54 Å². The quantitative estimate of drug-likeness (QED) is 0.614. The van der Waals surface area contributed by atoms with Crippen molar-refractivity contribution < 1.29 is 14.3 Å². The average molecular weight is 373 g/mol. The van der Waals surface area contributed by atoms with Gasteiger partial charge in [-0.3, -0.25) is 4.79 Å². The Morgan fingerprint density at radius 3 is 2.48 bits per heavy atom. The van der Waals surface area contributed by atoms with Crippen molar-refractivity contribution in [2.24, 2.45) is 0 Å². The molecule has 0 saturated carbocycles. The maximum absolute atomic E-state index is 12.2. The number of carbonyl (C=O) groups is 1. The molecule has 1 heterocycles. The molecule has 0 bridgehead atoms. The maximum Gasteiger partial charge on any atom is 0.272 e. The Kier molecular flexibility index (Phi) is 7.81. The average Bonchev–Trinajstić information content (AvgIpc) is 2.69. The summed E-state index contributed by atoms with van der Waals surface area (Å²) in [5.41, 5.74) is 1.17. The fourth-order valence-electron chi connectivity index (χ4n) is 2.42. The van der Waals surface area contributed by atoms with Crippen LogP contribution in [0.1, 0.15) is 22.5 Å². The Hall–Kier alpha value is -2.87. The summed E-state index contributed by atoms with van der Waals surface area (Å²) in [6, 6.07) is 8.91. The van der Waals surface area contributed by atoms with E-state index in [0.717, 1.165) is 25.1 Å². The third-order valence-corrected chi connectivity index (χ3v) is 3.89. The number of hydrogen-bond donors (Lipinski definition) is 2. The molecule has 0 spiro atoms. The van der Waals surface area contributed by atoms with E-state index in [-0.39, 0.29) is 11.6 Å². The van der Waals surface area contributed by atoms with Crippen LogP contribution in [0.3, 0.4) is 0 Å². The topological polar surface area (TPSA) is 88.6 Å². The van der Waals surface area contributed by atoms with Gasteiger partial charge in [-0.1, -0.05) is 6.07 Å². The number of nitrogens with zero attached hydrogens (tertiary/aromatic N) is 3. The number of benzene rings is 1. The van der Waals surface area contributed by atoms with Crippen LogP contribution < -0.4 is 20.1 Å². The summed E-state index contributed by atoms with van der Waals surface area (Å²) in [5.74, 6) is 1.64. The second-order valence-electron chi connectivity index (χ2n) is 6.26. The van der Waals surface area contributed by atoms with Crippen molar-refractivity contribution >= 4 is 11.7 Å². The first kappa shape index (κ1) is 20.4. The first-order chi connectivity index (χ1) is 13.0. The van der Waals surface area contributed by atoms with Crippen molar-refractivity contribution in [2.45, 2.75) is 13.0 Å². The number of nitrogens with one attached hydrogen (secondary N) is 2. The van der Waals surface area contributed by atoms with Gasteiger partial charge < -0.3 is 25.0 Å². The van der Waals surface area contributed by atoms with Gasteiger partial charge in [-0.25, -0.2) is 0 Å². The van der Waals surface area contributed by atoms with Gasteiger partial charge in [-0.15, -0.1) is 10.2 Å². The molecule has 1 aromatic heterocycles. The van der Waals surface area contributed by atoms with Crippen LogP contribution in [0.4, 0.5) is 5.82 Å². The van der Waals surface area contributed by atoms with Crippen molar-refractivity contribution in [3.8, 4) is 11.5 Å². The van der Waals surface area contributed by atoms with Gasteiger partial charge in [0.15, 0.2) is 17.2 Å². The molecule has 0 unspecified atom stereocenters.